The molecule has 0 spiro atoms. The molecule has 5 rings (SSSR count). The number of pyridine rings is 1. The molecule has 1 aliphatic carbocycles. The third kappa shape index (κ3) is 2.97. The molecule has 0 radical (unpaired) electrons. The molecule has 2 aromatic carbocycles. The van der Waals surface area contributed by atoms with Gasteiger partial charge in [-0.25, -0.2) is 9.18 Å². The summed E-state index contributed by atoms with van der Waals surface area (Å²) in [6.45, 7) is 1.69. The molecule has 6 heteroatoms. The third-order valence-corrected chi connectivity index (χ3v) is 5.59. The van der Waals surface area contributed by atoms with Crippen molar-refractivity contribution in [1.82, 2.24) is 10.3 Å². The van der Waals surface area contributed by atoms with Gasteiger partial charge < -0.3 is 15.5 Å². The second-order valence-corrected chi connectivity index (χ2v) is 7.24. The van der Waals surface area contributed by atoms with Crippen LogP contribution in [0.5, 0.6) is 0 Å². The molecule has 1 saturated carbocycles. The van der Waals surface area contributed by atoms with E-state index in [9.17, 15) is 9.18 Å². The second-order valence-electron chi connectivity index (χ2n) is 7.24. The Labute approximate surface area is 156 Å². The topological polar surface area (TPSA) is 57.3 Å². The molecule has 5 nitrogen and oxygen atoms in total. The summed E-state index contributed by atoms with van der Waals surface area (Å²) in [5.74, 6) is 0.638. The standard InChI is InChI=1S/C21H19FN4O/c22-14-4-2-5-15(9-14)26-11-17-18(12-26)20(17)25-21(27)24-19-6-1-3-13-10-23-8-7-16(13)19/h1-10,17-18,20H,11-12H2,(H2,24,25,27). The van der Waals surface area contributed by atoms with Gasteiger partial charge in [0.25, 0.3) is 0 Å². The average Bonchev–Trinajstić information content (AvgIpc) is 3.11. The van der Waals surface area contributed by atoms with Gasteiger partial charge in [-0.3, -0.25) is 4.98 Å². The molecule has 1 aromatic heterocycles. The van der Waals surface area contributed by atoms with Crippen LogP contribution in [-0.4, -0.2) is 30.1 Å². The lowest BCUT2D eigenvalue weighted by Gasteiger charge is -2.22. The fourth-order valence-corrected chi connectivity index (χ4v) is 4.17. The van der Waals surface area contributed by atoms with Crippen molar-refractivity contribution in [1.29, 1.82) is 0 Å². The number of carbonyl (C=O) groups excluding carboxylic acids is 1. The van der Waals surface area contributed by atoms with Gasteiger partial charge in [0.15, 0.2) is 0 Å². The Balaban J connectivity index is 1.20. The monoisotopic (exact) mass is 362 g/mol. The molecule has 136 valence electrons. The molecule has 1 aliphatic heterocycles. The second kappa shape index (κ2) is 6.23. The lowest BCUT2D eigenvalue weighted by molar-refractivity contribution is 0.250. The van der Waals surface area contributed by atoms with Gasteiger partial charge in [-0.2, -0.15) is 0 Å². The predicted octanol–water partition coefficient (Wildman–Crippen LogP) is 3.63. The molecule has 2 aliphatic rings. The van der Waals surface area contributed by atoms with Crippen molar-refractivity contribution in [3.05, 3.63) is 66.7 Å². The number of rotatable bonds is 3. The fourth-order valence-electron chi connectivity index (χ4n) is 4.17. The van der Waals surface area contributed by atoms with Gasteiger partial charge >= 0.3 is 6.03 Å². The van der Waals surface area contributed by atoms with Crippen molar-refractivity contribution in [2.24, 2.45) is 11.8 Å². The maximum absolute atomic E-state index is 13.4. The zero-order chi connectivity index (χ0) is 18.4. The number of carbonyl (C=O) groups is 1. The maximum Gasteiger partial charge on any atom is 0.319 e. The normalized spacial score (nSPS) is 23.1. The van der Waals surface area contributed by atoms with Crippen LogP contribution in [0.3, 0.4) is 0 Å². The maximum atomic E-state index is 13.4. The number of hydrogen-bond donors (Lipinski definition) is 2. The highest BCUT2D eigenvalue weighted by Crippen LogP contribution is 2.46. The first-order chi connectivity index (χ1) is 13.2. The van der Waals surface area contributed by atoms with Crippen LogP contribution in [0, 0.1) is 17.7 Å². The van der Waals surface area contributed by atoms with Gasteiger partial charge in [-0.05, 0) is 30.3 Å². The number of anilines is 2. The van der Waals surface area contributed by atoms with Crippen LogP contribution in [0.4, 0.5) is 20.6 Å². The summed E-state index contributed by atoms with van der Waals surface area (Å²) < 4.78 is 13.4. The van der Waals surface area contributed by atoms with Crippen molar-refractivity contribution < 1.29 is 9.18 Å². The zero-order valence-electron chi connectivity index (χ0n) is 14.6. The molecule has 1 saturated heterocycles. The minimum Gasteiger partial charge on any atom is -0.371 e. The van der Waals surface area contributed by atoms with Gasteiger partial charge in [0.2, 0.25) is 0 Å². The minimum atomic E-state index is -0.215. The fraction of sp³-hybridized carbons (Fsp3) is 0.238. The van der Waals surface area contributed by atoms with Crippen molar-refractivity contribution in [3.8, 4) is 0 Å². The van der Waals surface area contributed by atoms with E-state index in [0.29, 0.717) is 11.8 Å². The van der Waals surface area contributed by atoms with E-state index >= 15 is 0 Å². The van der Waals surface area contributed by atoms with Crippen LogP contribution in [0.15, 0.2) is 60.9 Å². The van der Waals surface area contributed by atoms with E-state index in [1.807, 2.05) is 30.3 Å². The van der Waals surface area contributed by atoms with E-state index in [1.165, 1.54) is 6.07 Å². The molecule has 27 heavy (non-hydrogen) atoms. The van der Waals surface area contributed by atoms with E-state index in [-0.39, 0.29) is 17.9 Å². The Kier molecular flexibility index (Phi) is 3.70. The average molecular weight is 362 g/mol. The van der Waals surface area contributed by atoms with Crippen LogP contribution in [0.2, 0.25) is 0 Å². The number of benzene rings is 2. The molecule has 2 N–H and O–H groups in total. The van der Waals surface area contributed by atoms with Crippen LogP contribution in [-0.2, 0) is 0 Å². The summed E-state index contributed by atoms with van der Waals surface area (Å²) in [6, 6.07) is 14.3. The van der Waals surface area contributed by atoms with E-state index in [1.54, 1.807) is 24.5 Å². The molecule has 2 fully saturated rings. The van der Waals surface area contributed by atoms with Crippen molar-refractivity contribution >= 4 is 28.2 Å². The highest BCUT2D eigenvalue weighted by atomic mass is 19.1. The predicted molar refractivity (Wildman–Crippen MR) is 103 cm³/mol. The Hall–Kier alpha value is -3.15. The highest BCUT2D eigenvalue weighted by molar-refractivity contribution is 6.01. The first-order valence-corrected chi connectivity index (χ1v) is 9.10. The molecule has 0 bridgehead atoms. The molecular weight excluding hydrogens is 343 g/mol. The number of halogens is 1. The van der Waals surface area contributed by atoms with Crippen LogP contribution in [0.25, 0.3) is 10.8 Å². The molecule has 2 atom stereocenters. The number of fused-ring (bicyclic) bond motifs is 2. The van der Waals surface area contributed by atoms with Crippen LogP contribution in [0.1, 0.15) is 0 Å². The number of aromatic nitrogens is 1. The van der Waals surface area contributed by atoms with Gasteiger partial charge in [0, 0.05) is 59.8 Å². The van der Waals surface area contributed by atoms with Gasteiger partial charge in [-0.15, -0.1) is 0 Å². The summed E-state index contributed by atoms with van der Waals surface area (Å²) >= 11 is 0. The van der Waals surface area contributed by atoms with Crippen molar-refractivity contribution in [2.45, 2.75) is 6.04 Å². The van der Waals surface area contributed by atoms with Gasteiger partial charge in [0.05, 0.1) is 5.69 Å². The van der Waals surface area contributed by atoms with Crippen molar-refractivity contribution in [3.63, 3.8) is 0 Å². The van der Waals surface area contributed by atoms with E-state index in [2.05, 4.69) is 20.5 Å². The molecule has 3 aromatic rings. The molecule has 2 heterocycles. The lowest BCUT2D eigenvalue weighted by Crippen LogP contribution is -2.37. The molecular formula is C21H19FN4O. The first kappa shape index (κ1) is 16.1. The van der Waals surface area contributed by atoms with Gasteiger partial charge in [0.1, 0.15) is 5.82 Å². The van der Waals surface area contributed by atoms with Gasteiger partial charge in [-0.1, -0.05) is 18.2 Å². The summed E-state index contributed by atoms with van der Waals surface area (Å²) in [6.07, 6.45) is 3.50. The number of nitrogens with one attached hydrogen (secondary N) is 2. The van der Waals surface area contributed by atoms with E-state index in [4.69, 9.17) is 0 Å². The highest BCUT2D eigenvalue weighted by Gasteiger charge is 2.56. The quantitative estimate of drug-likeness (QED) is 0.748. The number of piperidine rings is 1. The number of amides is 2. The first-order valence-electron chi connectivity index (χ1n) is 9.10. The number of nitrogens with zero attached hydrogens (tertiary/aromatic N) is 2. The summed E-state index contributed by atoms with van der Waals surface area (Å²) in [5, 5.41) is 8.00. The Morgan fingerprint density at radius 1 is 1.11 bits per heavy atom. The summed E-state index contributed by atoms with van der Waals surface area (Å²) in [5.41, 5.74) is 1.69. The lowest BCUT2D eigenvalue weighted by atomic mass is 10.1. The number of hydrogen-bond acceptors (Lipinski definition) is 3. The van der Waals surface area contributed by atoms with Crippen LogP contribution >= 0.6 is 0 Å². The Bertz CT molecular complexity index is 1010. The van der Waals surface area contributed by atoms with Crippen molar-refractivity contribution in [2.75, 3.05) is 23.3 Å². The van der Waals surface area contributed by atoms with E-state index in [0.717, 1.165) is 35.2 Å². The Morgan fingerprint density at radius 3 is 2.74 bits per heavy atom. The van der Waals surface area contributed by atoms with Crippen LogP contribution < -0.4 is 15.5 Å². The largest absolute Gasteiger partial charge is 0.371 e. The third-order valence-electron chi connectivity index (χ3n) is 5.59. The minimum absolute atomic E-state index is 0.184. The summed E-state index contributed by atoms with van der Waals surface area (Å²) in [4.78, 5) is 18.7. The number of urea groups is 1. The smallest absolute Gasteiger partial charge is 0.319 e. The SMILES string of the molecule is O=C(Nc1cccc2cnccc12)NC1C2CN(c3cccc(F)c3)CC21. The zero-order valence-corrected chi connectivity index (χ0v) is 14.6. The molecule has 2 unspecified atom stereocenters. The molecule has 2 amide bonds. The summed E-state index contributed by atoms with van der Waals surface area (Å²) in [7, 11) is 0. The van der Waals surface area contributed by atoms with E-state index < -0.39 is 0 Å². The Morgan fingerprint density at radius 2 is 1.93 bits per heavy atom.